The van der Waals surface area contributed by atoms with Gasteiger partial charge in [0.05, 0.1) is 0 Å². The minimum atomic E-state index is -1.45. The normalized spacial score (nSPS) is 31.7. The highest BCUT2D eigenvalue weighted by atomic mass is 16.6. The lowest BCUT2D eigenvalue weighted by Gasteiger charge is -2.59. The summed E-state index contributed by atoms with van der Waals surface area (Å²) in [6.45, 7) is 25.6. The number of ether oxygens (including phenoxy) is 2. The molecule has 0 aromatic carbocycles. The van der Waals surface area contributed by atoms with Crippen LogP contribution >= 0.6 is 0 Å². The summed E-state index contributed by atoms with van der Waals surface area (Å²) in [5.41, 5.74) is 8.88. The second kappa shape index (κ2) is 21.0. The standard InChI is InChI=1S/C61H82O6/c1-41(23-27-50-45(5)21-15-32-57(50,7)8)17-13-19-43(3)37-55(64)66-40-54(63)61(36-31-53-49-26-25-47-39-48(62)29-34-59(47,11)52(49)30-35-60(53,61)12)67-56(65)38-44(4)20-14-18-42(2)24-28-51-46(6)22-16-33-58(51,9)10/h13-14,17-20,23-24,27-28,37-39,49,52-53H,15-16,21-22,25-26,29-36,40H2,1-12H3/t49-,52+,53+,59+,60+,61-/m1/s1. The van der Waals surface area contributed by atoms with E-state index in [1.165, 1.54) is 65.7 Å². The van der Waals surface area contributed by atoms with E-state index in [0.717, 1.165) is 56.1 Å². The Kier molecular flexibility index (Phi) is 16.2. The number of esters is 2. The summed E-state index contributed by atoms with van der Waals surface area (Å²) in [5, 5.41) is 0. The van der Waals surface area contributed by atoms with Gasteiger partial charge in [-0.05, 0) is 187 Å². The van der Waals surface area contributed by atoms with Gasteiger partial charge in [0.1, 0.15) is 0 Å². The van der Waals surface area contributed by atoms with E-state index < -0.39 is 29.6 Å². The Hall–Kier alpha value is -4.58. The van der Waals surface area contributed by atoms with Crippen LogP contribution in [0.25, 0.3) is 0 Å². The molecule has 67 heavy (non-hydrogen) atoms. The van der Waals surface area contributed by atoms with Crippen LogP contribution in [0.4, 0.5) is 0 Å². The largest absolute Gasteiger partial charge is 0.454 e. The highest BCUT2D eigenvalue weighted by molar-refractivity contribution is 5.96. The quantitative estimate of drug-likeness (QED) is 0.0980. The Morgan fingerprint density at radius 1 is 0.627 bits per heavy atom. The fraction of sp³-hybridized carbons (Fsp3) is 0.574. The van der Waals surface area contributed by atoms with E-state index >= 15 is 0 Å². The van der Waals surface area contributed by atoms with Crippen LogP contribution in [0.3, 0.4) is 0 Å². The first kappa shape index (κ1) is 51.8. The summed E-state index contributed by atoms with van der Waals surface area (Å²) in [7, 11) is 0. The molecule has 3 fully saturated rings. The van der Waals surface area contributed by atoms with Gasteiger partial charge in [-0.15, -0.1) is 0 Å². The first-order valence-electron chi connectivity index (χ1n) is 25.5. The number of carbonyl (C=O) groups excluding carboxylic acids is 4. The van der Waals surface area contributed by atoms with Crippen molar-refractivity contribution in [3.8, 4) is 0 Å². The molecular formula is C61H82O6. The highest BCUT2D eigenvalue weighted by Crippen LogP contribution is 2.68. The number of ketones is 2. The van der Waals surface area contributed by atoms with Gasteiger partial charge in [-0.1, -0.05) is 130 Å². The van der Waals surface area contributed by atoms with Crippen LogP contribution in [0, 0.1) is 39.4 Å². The van der Waals surface area contributed by atoms with Gasteiger partial charge in [0.2, 0.25) is 5.78 Å². The van der Waals surface area contributed by atoms with Gasteiger partial charge < -0.3 is 9.47 Å². The number of hydrogen-bond acceptors (Lipinski definition) is 6. The Morgan fingerprint density at radius 3 is 1.72 bits per heavy atom. The van der Waals surface area contributed by atoms with Crippen molar-refractivity contribution in [1.82, 2.24) is 0 Å². The van der Waals surface area contributed by atoms with Crippen molar-refractivity contribution in [2.75, 3.05) is 6.61 Å². The van der Waals surface area contributed by atoms with Gasteiger partial charge in [-0.25, -0.2) is 9.59 Å². The minimum Gasteiger partial charge on any atom is -0.454 e. The second-order valence-electron chi connectivity index (χ2n) is 23.1. The molecule has 0 aliphatic heterocycles. The number of rotatable bonds is 14. The summed E-state index contributed by atoms with van der Waals surface area (Å²) in [6, 6.07) is 0. The van der Waals surface area contributed by atoms with Gasteiger partial charge in [0.15, 0.2) is 18.0 Å². The maximum absolute atomic E-state index is 14.8. The Labute approximate surface area is 404 Å². The number of fused-ring (bicyclic) bond motifs is 5. The van der Waals surface area contributed by atoms with Gasteiger partial charge in [-0.2, -0.15) is 0 Å². The summed E-state index contributed by atoms with van der Waals surface area (Å²) in [5.74, 6) is -0.420. The van der Waals surface area contributed by atoms with Crippen LogP contribution in [-0.2, 0) is 28.7 Å². The molecule has 0 unspecified atom stereocenters. The van der Waals surface area contributed by atoms with E-state index in [-0.39, 0.29) is 33.7 Å². The lowest BCUT2D eigenvalue weighted by Crippen LogP contribution is -2.60. The first-order chi connectivity index (χ1) is 31.5. The number of Topliss-reactive ketones (excluding diaryl/α,β-unsaturated/α-hetero) is 1. The fourth-order valence-corrected chi connectivity index (χ4v) is 13.5. The third-order valence-corrected chi connectivity index (χ3v) is 17.4. The van der Waals surface area contributed by atoms with E-state index in [4.69, 9.17) is 9.47 Å². The SMILES string of the molecule is CC(C=CC1=C(C)CCCC1(C)C)=CC=CC(C)=CC(=O)OCC(=O)[C@]1(OC(=O)C=C(C)C=CC=C(C)C=CC2=C(C)CCCC2(C)C)CC[C@H]2[C@@H]3CCC4=CC(=O)CC[C@]4(C)[C@H]3CC[C@@]21C. The molecule has 0 aromatic heterocycles. The maximum atomic E-state index is 14.8. The van der Waals surface area contributed by atoms with E-state index in [1.54, 1.807) is 0 Å². The monoisotopic (exact) mass is 911 g/mol. The number of carbonyl (C=O) groups is 4. The van der Waals surface area contributed by atoms with Crippen molar-refractivity contribution in [1.29, 1.82) is 0 Å². The van der Waals surface area contributed by atoms with E-state index in [9.17, 15) is 19.2 Å². The van der Waals surface area contributed by atoms with Crippen LogP contribution in [0.1, 0.15) is 173 Å². The molecular weight excluding hydrogens is 829 g/mol. The van der Waals surface area contributed by atoms with Crippen molar-refractivity contribution in [3.05, 3.63) is 129 Å². The van der Waals surface area contributed by atoms with Crippen LogP contribution < -0.4 is 0 Å². The Bertz CT molecular complexity index is 2320. The van der Waals surface area contributed by atoms with Gasteiger partial charge in [-0.3, -0.25) is 9.59 Å². The van der Waals surface area contributed by atoms with Crippen molar-refractivity contribution in [3.63, 3.8) is 0 Å². The second-order valence-corrected chi connectivity index (χ2v) is 23.1. The molecule has 0 heterocycles. The van der Waals surface area contributed by atoms with Crippen LogP contribution in [0.2, 0.25) is 0 Å². The third kappa shape index (κ3) is 11.5. The predicted molar refractivity (Wildman–Crippen MR) is 274 cm³/mol. The Morgan fingerprint density at radius 2 is 1.16 bits per heavy atom. The first-order valence-corrected chi connectivity index (χ1v) is 25.5. The lowest BCUT2D eigenvalue weighted by molar-refractivity contribution is -0.188. The minimum absolute atomic E-state index is 0.0377. The Balaban J connectivity index is 1.17. The average Bonchev–Trinajstić information content (AvgIpc) is 3.54. The number of hydrogen-bond donors (Lipinski definition) is 0. The molecule has 0 N–H and O–H groups in total. The molecule has 0 radical (unpaired) electrons. The van der Waals surface area contributed by atoms with Gasteiger partial charge in [0.25, 0.3) is 0 Å². The smallest absolute Gasteiger partial charge is 0.332 e. The molecule has 0 aromatic rings. The summed E-state index contributed by atoms with van der Waals surface area (Å²) in [6.07, 6.45) is 38.5. The molecule has 362 valence electrons. The summed E-state index contributed by atoms with van der Waals surface area (Å²) >= 11 is 0. The molecule has 6 heteroatoms. The zero-order chi connectivity index (χ0) is 49.0. The van der Waals surface area contributed by atoms with Crippen molar-refractivity contribution in [2.24, 2.45) is 39.4 Å². The van der Waals surface area contributed by atoms with Crippen LogP contribution in [0.5, 0.6) is 0 Å². The fourth-order valence-electron chi connectivity index (χ4n) is 13.5. The molecule has 6 aliphatic rings. The zero-order valence-electron chi connectivity index (χ0n) is 43.3. The maximum Gasteiger partial charge on any atom is 0.332 e. The third-order valence-electron chi connectivity index (χ3n) is 17.4. The average molecular weight is 911 g/mol. The van der Waals surface area contributed by atoms with Gasteiger partial charge in [0, 0.05) is 24.0 Å². The number of allylic oxidation sites excluding steroid dienone is 19. The van der Waals surface area contributed by atoms with Crippen LogP contribution in [0.15, 0.2) is 129 Å². The van der Waals surface area contributed by atoms with E-state index in [1.807, 2.05) is 56.4 Å². The summed E-state index contributed by atoms with van der Waals surface area (Å²) < 4.78 is 12.3. The molecule has 3 saturated carbocycles. The molecule has 0 saturated heterocycles. The molecule has 6 atom stereocenters. The lowest BCUT2D eigenvalue weighted by atomic mass is 9.46. The molecule has 0 bridgehead atoms. The molecule has 6 nitrogen and oxygen atoms in total. The highest BCUT2D eigenvalue weighted by Gasteiger charge is 2.68. The van der Waals surface area contributed by atoms with E-state index in [2.05, 4.69) is 93.5 Å². The van der Waals surface area contributed by atoms with E-state index in [0.29, 0.717) is 42.2 Å². The van der Waals surface area contributed by atoms with Gasteiger partial charge >= 0.3 is 11.9 Å². The zero-order valence-corrected chi connectivity index (χ0v) is 43.3. The summed E-state index contributed by atoms with van der Waals surface area (Å²) in [4.78, 5) is 54.6. The molecule has 6 rings (SSSR count). The predicted octanol–water partition coefficient (Wildman–Crippen LogP) is 15.0. The molecule has 0 spiro atoms. The van der Waals surface area contributed by atoms with Crippen LogP contribution in [-0.4, -0.2) is 35.7 Å². The molecule has 6 aliphatic carbocycles. The van der Waals surface area contributed by atoms with Crippen molar-refractivity contribution in [2.45, 2.75) is 179 Å². The van der Waals surface area contributed by atoms with Crippen molar-refractivity contribution >= 4 is 23.5 Å². The topological polar surface area (TPSA) is 86.7 Å². The van der Waals surface area contributed by atoms with Crippen molar-refractivity contribution < 1.29 is 28.7 Å². The molecule has 0 amide bonds.